The molecule has 4 rings (SSSR count). The maximum Gasteiger partial charge on any atom is 0.227 e. The highest BCUT2D eigenvalue weighted by atomic mass is 16.5. The Morgan fingerprint density at radius 3 is 2.73 bits per heavy atom. The third kappa shape index (κ3) is 4.53. The quantitative estimate of drug-likeness (QED) is 0.794. The molecule has 6 nitrogen and oxygen atoms in total. The number of hydrogen-bond acceptors (Lipinski definition) is 3. The van der Waals surface area contributed by atoms with Gasteiger partial charge in [-0.05, 0) is 43.2 Å². The summed E-state index contributed by atoms with van der Waals surface area (Å²) in [5.74, 6) is 0.980. The third-order valence-corrected chi connectivity index (χ3v) is 6.87. The number of benzene rings is 1. The number of hydrogen-bond donors (Lipinski definition) is 1. The Balaban J connectivity index is 1.33. The van der Waals surface area contributed by atoms with Crippen molar-refractivity contribution in [2.45, 2.75) is 38.5 Å². The van der Waals surface area contributed by atoms with Gasteiger partial charge in [-0.3, -0.25) is 9.59 Å². The van der Waals surface area contributed by atoms with Crippen molar-refractivity contribution in [1.82, 2.24) is 14.8 Å². The number of H-pyrrole nitrogens is 1. The first-order valence-corrected chi connectivity index (χ1v) is 11.3. The summed E-state index contributed by atoms with van der Waals surface area (Å²) in [6, 6.07) is 8.11. The van der Waals surface area contributed by atoms with Gasteiger partial charge in [-0.25, -0.2) is 0 Å². The lowest BCUT2D eigenvalue weighted by Crippen LogP contribution is -2.45. The molecule has 2 saturated heterocycles. The zero-order chi connectivity index (χ0) is 20.9. The van der Waals surface area contributed by atoms with Crippen molar-refractivity contribution in [3.8, 4) is 0 Å². The molecule has 1 N–H and O–H groups in total. The number of piperidine rings is 1. The SMILES string of the molecule is COCCN1CCCCC(C2CCN(C(=O)Cc3c[nH]c4ccccc34)CC2)C1=O. The number of ether oxygens (including phenoxy) is 1. The summed E-state index contributed by atoms with van der Waals surface area (Å²) in [7, 11) is 1.68. The number of likely N-dealkylation sites (tertiary alicyclic amines) is 2. The van der Waals surface area contributed by atoms with Crippen molar-refractivity contribution in [1.29, 1.82) is 0 Å². The van der Waals surface area contributed by atoms with E-state index in [0.717, 1.165) is 68.2 Å². The van der Waals surface area contributed by atoms with Gasteiger partial charge < -0.3 is 19.5 Å². The second-order valence-electron chi connectivity index (χ2n) is 8.67. The number of nitrogens with zero attached hydrogens (tertiary/aromatic N) is 2. The van der Waals surface area contributed by atoms with Gasteiger partial charge in [0.05, 0.1) is 13.0 Å². The molecule has 1 atom stereocenters. The van der Waals surface area contributed by atoms with Gasteiger partial charge in [-0.1, -0.05) is 24.6 Å². The van der Waals surface area contributed by atoms with Gasteiger partial charge >= 0.3 is 0 Å². The number of fused-ring (bicyclic) bond motifs is 1. The van der Waals surface area contributed by atoms with E-state index in [1.165, 1.54) is 0 Å². The predicted molar refractivity (Wildman–Crippen MR) is 117 cm³/mol. The number of aromatic amines is 1. The van der Waals surface area contributed by atoms with Crippen molar-refractivity contribution >= 4 is 22.7 Å². The van der Waals surface area contributed by atoms with Crippen LogP contribution in [0.1, 0.15) is 37.7 Å². The van der Waals surface area contributed by atoms with Crippen LogP contribution in [-0.2, 0) is 20.7 Å². The average molecular weight is 412 g/mol. The van der Waals surface area contributed by atoms with Gasteiger partial charge in [0.15, 0.2) is 0 Å². The Hall–Kier alpha value is -2.34. The molecule has 6 heteroatoms. The van der Waals surface area contributed by atoms with Gasteiger partial charge in [0.2, 0.25) is 11.8 Å². The van der Waals surface area contributed by atoms with Crippen LogP contribution in [-0.4, -0.2) is 66.5 Å². The standard InChI is InChI=1S/C24H33N3O3/c1-30-15-14-27-11-5-4-7-21(24(27)29)18-9-12-26(13-10-18)23(28)16-19-17-25-22-8-3-2-6-20(19)22/h2-3,6,8,17-18,21,25H,4-5,7,9-16H2,1H3. The van der Waals surface area contributed by atoms with Gasteiger partial charge in [0.1, 0.15) is 0 Å². The van der Waals surface area contributed by atoms with Gasteiger partial charge in [-0.2, -0.15) is 0 Å². The molecule has 1 unspecified atom stereocenters. The molecule has 162 valence electrons. The van der Waals surface area contributed by atoms with Crippen molar-refractivity contribution in [3.05, 3.63) is 36.0 Å². The number of para-hydroxylation sites is 1. The zero-order valence-corrected chi connectivity index (χ0v) is 17.9. The number of rotatable bonds is 6. The second-order valence-corrected chi connectivity index (χ2v) is 8.67. The Morgan fingerprint density at radius 2 is 1.93 bits per heavy atom. The Labute approximate surface area is 178 Å². The van der Waals surface area contributed by atoms with Crippen molar-refractivity contribution in [2.75, 3.05) is 39.9 Å². The topological polar surface area (TPSA) is 65.6 Å². The molecule has 0 radical (unpaired) electrons. The lowest BCUT2D eigenvalue weighted by molar-refractivity contribution is -0.138. The van der Waals surface area contributed by atoms with Gasteiger partial charge in [0, 0.05) is 56.3 Å². The number of methoxy groups -OCH3 is 1. The van der Waals surface area contributed by atoms with Crippen LogP contribution in [0.3, 0.4) is 0 Å². The first-order valence-electron chi connectivity index (χ1n) is 11.3. The molecule has 2 aliphatic rings. The van der Waals surface area contributed by atoms with Crippen LogP contribution < -0.4 is 0 Å². The van der Waals surface area contributed by atoms with Crippen LogP contribution >= 0.6 is 0 Å². The fraction of sp³-hybridized carbons (Fsp3) is 0.583. The summed E-state index contributed by atoms with van der Waals surface area (Å²) in [4.78, 5) is 33.2. The molecule has 0 aliphatic carbocycles. The molecule has 0 bridgehead atoms. The lowest BCUT2D eigenvalue weighted by Gasteiger charge is -2.36. The van der Waals surface area contributed by atoms with Crippen LogP contribution in [0, 0.1) is 11.8 Å². The minimum absolute atomic E-state index is 0.107. The molecule has 2 fully saturated rings. The summed E-state index contributed by atoms with van der Waals surface area (Å²) in [6.07, 6.45) is 7.40. The molecular formula is C24H33N3O3. The molecule has 3 heterocycles. The Kier molecular flexibility index (Phi) is 6.72. The van der Waals surface area contributed by atoms with E-state index in [0.29, 0.717) is 31.4 Å². The molecule has 1 aromatic carbocycles. The van der Waals surface area contributed by atoms with Crippen molar-refractivity contribution in [2.24, 2.45) is 11.8 Å². The summed E-state index contributed by atoms with van der Waals surface area (Å²) in [5, 5.41) is 1.13. The smallest absolute Gasteiger partial charge is 0.227 e. The van der Waals surface area contributed by atoms with E-state index in [1.54, 1.807) is 7.11 Å². The average Bonchev–Trinajstić information content (AvgIpc) is 3.08. The molecule has 2 aliphatic heterocycles. The number of carbonyl (C=O) groups excluding carboxylic acids is 2. The second kappa shape index (κ2) is 9.65. The highest BCUT2D eigenvalue weighted by Gasteiger charge is 2.35. The number of carbonyl (C=O) groups is 2. The highest BCUT2D eigenvalue weighted by Crippen LogP contribution is 2.32. The van der Waals surface area contributed by atoms with Crippen LogP contribution in [0.2, 0.25) is 0 Å². The number of amides is 2. The molecular weight excluding hydrogens is 378 g/mol. The lowest BCUT2D eigenvalue weighted by atomic mass is 9.81. The van der Waals surface area contributed by atoms with E-state index in [4.69, 9.17) is 4.74 Å². The van der Waals surface area contributed by atoms with Crippen molar-refractivity contribution < 1.29 is 14.3 Å². The third-order valence-electron chi connectivity index (χ3n) is 6.87. The van der Waals surface area contributed by atoms with E-state index in [2.05, 4.69) is 11.1 Å². The maximum atomic E-state index is 13.1. The van der Waals surface area contributed by atoms with E-state index < -0.39 is 0 Å². The van der Waals surface area contributed by atoms with E-state index in [-0.39, 0.29) is 11.8 Å². The fourth-order valence-electron chi connectivity index (χ4n) is 5.10. The van der Waals surface area contributed by atoms with Crippen LogP contribution in [0.25, 0.3) is 10.9 Å². The maximum absolute atomic E-state index is 13.1. The van der Waals surface area contributed by atoms with Gasteiger partial charge in [-0.15, -0.1) is 0 Å². The minimum Gasteiger partial charge on any atom is -0.383 e. The van der Waals surface area contributed by atoms with E-state index in [9.17, 15) is 9.59 Å². The van der Waals surface area contributed by atoms with Crippen LogP contribution in [0.15, 0.2) is 30.5 Å². The molecule has 2 aromatic rings. The molecule has 2 amide bonds. The predicted octanol–water partition coefficient (Wildman–Crippen LogP) is 3.22. The van der Waals surface area contributed by atoms with E-state index in [1.807, 2.05) is 34.2 Å². The number of nitrogens with one attached hydrogen (secondary N) is 1. The molecule has 0 saturated carbocycles. The summed E-state index contributed by atoms with van der Waals surface area (Å²) in [5.41, 5.74) is 2.13. The molecule has 0 spiro atoms. The minimum atomic E-state index is 0.107. The van der Waals surface area contributed by atoms with Gasteiger partial charge in [0.25, 0.3) is 0 Å². The Morgan fingerprint density at radius 1 is 1.13 bits per heavy atom. The van der Waals surface area contributed by atoms with Crippen LogP contribution in [0.5, 0.6) is 0 Å². The molecule has 1 aromatic heterocycles. The summed E-state index contributed by atoms with van der Waals surface area (Å²) >= 11 is 0. The Bertz CT molecular complexity index is 869. The first-order chi connectivity index (χ1) is 14.7. The number of aromatic nitrogens is 1. The first kappa shape index (κ1) is 20.9. The zero-order valence-electron chi connectivity index (χ0n) is 17.9. The fourth-order valence-corrected chi connectivity index (χ4v) is 5.10. The monoisotopic (exact) mass is 411 g/mol. The summed E-state index contributed by atoms with van der Waals surface area (Å²) < 4.78 is 5.18. The van der Waals surface area contributed by atoms with E-state index >= 15 is 0 Å². The highest BCUT2D eigenvalue weighted by molar-refractivity contribution is 5.89. The largest absolute Gasteiger partial charge is 0.383 e. The normalized spacial score (nSPS) is 21.2. The van der Waals surface area contributed by atoms with Crippen LogP contribution in [0.4, 0.5) is 0 Å². The summed E-state index contributed by atoms with van der Waals surface area (Å²) in [6.45, 7) is 3.65. The molecule has 30 heavy (non-hydrogen) atoms. The van der Waals surface area contributed by atoms with Crippen molar-refractivity contribution in [3.63, 3.8) is 0 Å².